The molecule has 1 aromatic rings. The molecular weight excluding hydrogens is 375 g/mol. The van der Waals surface area contributed by atoms with Gasteiger partial charge < -0.3 is 19.3 Å². The molecule has 2 aliphatic heterocycles. The maximum Gasteiger partial charge on any atom is 0.338 e. The molecule has 7 heteroatoms. The average molecular weight is 406 g/mol. The summed E-state index contributed by atoms with van der Waals surface area (Å²) in [6, 6.07) is 6.56. The van der Waals surface area contributed by atoms with Gasteiger partial charge in [0, 0.05) is 39.5 Å². The van der Waals surface area contributed by atoms with Crippen LogP contribution in [0.1, 0.15) is 41.0 Å². The molecule has 0 N–H and O–H groups in total. The molecular formula is C22H31FN2O4. The number of esters is 1. The summed E-state index contributed by atoms with van der Waals surface area (Å²) in [4.78, 5) is 29.6. The summed E-state index contributed by atoms with van der Waals surface area (Å²) in [7, 11) is 0. The van der Waals surface area contributed by atoms with Crippen LogP contribution in [0.2, 0.25) is 0 Å². The third-order valence-corrected chi connectivity index (χ3v) is 5.50. The van der Waals surface area contributed by atoms with Gasteiger partial charge in [-0.2, -0.15) is 0 Å². The largest absolute Gasteiger partial charge is 0.432 e. The highest BCUT2D eigenvalue weighted by Crippen LogP contribution is 2.33. The number of para-hydroxylation sites is 1. The van der Waals surface area contributed by atoms with Gasteiger partial charge in [-0.25, -0.2) is 9.18 Å². The fourth-order valence-electron chi connectivity index (χ4n) is 4.21. The number of anilines is 1. The zero-order chi connectivity index (χ0) is 21.3. The lowest BCUT2D eigenvalue weighted by Crippen LogP contribution is -2.57. The maximum absolute atomic E-state index is 14.2. The minimum atomic E-state index is -1.02. The fourth-order valence-corrected chi connectivity index (χ4v) is 4.21. The van der Waals surface area contributed by atoms with Crippen molar-refractivity contribution in [1.29, 1.82) is 0 Å². The number of ether oxygens (including phenoxy) is 2. The molecule has 29 heavy (non-hydrogen) atoms. The molecule has 2 aliphatic rings. The monoisotopic (exact) mass is 406 g/mol. The molecule has 1 amide bonds. The summed E-state index contributed by atoms with van der Waals surface area (Å²) in [5, 5.41) is 0. The first-order valence-corrected chi connectivity index (χ1v) is 10.3. The van der Waals surface area contributed by atoms with Gasteiger partial charge >= 0.3 is 5.97 Å². The van der Waals surface area contributed by atoms with E-state index in [0.717, 1.165) is 0 Å². The zero-order valence-electron chi connectivity index (χ0n) is 17.9. The van der Waals surface area contributed by atoms with E-state index in [1.807, 2.05) is 31.7 Å². The molecule has 1 aromatic carbocycles. The lowest BCUT2D eigenvalue weighted by molar-refractivity contribution is -0.163. The van der Waals surface area contributed by atoms with Gasteiger partial charge in [0.25, 0.3) is 0 Å². The van der Waals surface area contributed by atoms with Crippen LogP contribution in [0.3, 0.4) is 0 Å². The lowest BCUT2D eigenvalue weighted by Gasteiger charge is -2.42. The van der Waals surface area contributed by atoms with Crippen LogP contribution < -0.4 is 4.90 Å². The minimum Gasteiger partial charge on any atom is -0.432 e. The zero-order valence-corrected chi connectivity index (χ0v) is 17.9. The number of amides is 1. The molecule has 0 radical (unpaired) electrons. The second-order valence-corrected chi connectivity index (χ2v) is 8.87. The Hall–Kier alpha value is -2.15. The van der Waals surface area contributed by atoms with E-state index >= 15 is 0 Å². The topological polar surface area (TPSA) is 59.1 Å². The standard InChI is InChI=1S/C22H31FN2O4/c1-14(2)12-16(19-21(27)29-22(4,5)28-19)20(26)25-11-10-24(13-15(25)3)18-9-7-6-8-17(18)23/h6-9,14-16,19H,10-13H2,1-5H3/t15-,16+,19+/m1/s1. The Balaban J connectivity index is 1.75. The van der Waals surface area contributed by atoms with Crippen molar-refractivity contribution >= 4 is 17.6 Å². The van der Waals surface area contributed by atoms with Gasteiger partial charge in [-0.1, -0.05) is 26.0 Å². The average Bonchev–Trinajstić information content (AvgIpc) is 2.91. The number of cyclic esters (lactones) is 1. The van der Waals surface area contributed by atoms with Crippen LogP contribution >= 0.6 is 0 Å². The number of hydrogen-bond acceptors (Lipinski definition) is 5. The summed E-state index contributed by atoms with van der Waals surface area (Å²) in [6.07, 6.45) is -0.355. The molecule has 0 saturated carbocycles. The van der Waals surface area contributed by atoms with Crippen molar-refractivity contribution < 1.29 is 23.5 Å². The van der Waals surface area contributed by atoms with Gasteiger partial charge in [0.05, 0.1) is 11.6 Å². The smallest absolute Gasteiger partial charge is 0.338 e. The van der Waals surface area contributed by atoms with Crippen molar-refractivity contribution in [1.82, 2.24) is 4.90 Å². The number of carbonyl (C=O) groups is 2. The van der Waals surface area contributed by atoms with Crippen molar-refractivity contribution in [2.24, 2.45) is 11.8 Å². The van der Waals surface area contributed by atoms with Crippen LogP contribution in [0.25, 0.3) is 0 Å². The lowest BCUT2D eigenvalue weighted by atomic mass is 9.90. The van der Waals surface area contributed by atoms with Crippen LogP contribution in [0.4, 0.5) is 10.1 Å². The Morgan fingerprint density at radius 1 is 1.28 bits per heavy atom. The van der Waals surface area contributed by atoms with E-state index in [9.17, 15) is 14.0 Å². The normalized spacial score (nSPS) is 25.3. The van der Waals surface area contributed by atoms with Crippen molar-refractivity contribution in [3.8, 4) is 0 Å². The van der Waals surface area contributed by atoms with Crippen LogP contribution in [-0.4, -0.2) is 54.3 Å². The van der Waals surface area contributed by atoms with E-state index < -0.39 is 23.8 Å². The number of rotatable bonds is 5. The van der Waals surface area contributed by atoms with Crippen LogP contribution in [0.5, 0.6) is 0 Å². The van der Waals surface area contributed by atoms with E-state index in [-0.39, 0.29) is 23.7 Å². The van der Waals surface area contributed by atoms with Crippen LogP contribution in [0.15, 0.2) is 24.3 Å². The van der Waals surface area contributed by atoms with E-state index in [4.69, 9.17) is 9.47 Å². The predicted molar refractivity (Wildman–Crippen MR) is 108 cm³/mol. The first-order valence-electron chi connectivity index (χ1n) is 10.3. The Morgan fingerprint density at radius 2 is 1.97 bits per heavy atom. The molecule has 0 aromatic heterocycles. The predicted octanol–water partition coefficient (Wildman–Crippen LogP) is 3.20. The second-order valence-electron chi connectivity index (χ2n) is 8.87. The highest BCUT2D eigenvalue weighted by Gasteiger charge is 2.49. The number of nitrogens with zero attached hydrogens (tertiary/aromatic N) is 2. The Morgan fingerprint density at radius 3 is 2.52 bits per heavy atom. The Bertz CT molecular complexity index is 767. The first-order chi connectivity index (χ1) is 13.6. The second kappa shape index (κ2) is 8.30. The summed E-state index contributed by atoms with van der Waals surface area (Å²) >= 11 is 0. The molecule has 0 bridgehead atoms. The molecule has 0 unspecified atom stereocenters. The fraction of sp³-hybridized carbons (Fsp3) is 0.636. The van der Waals surface area contributed by atoms with Gasteiger partial charge in [-0.15, -0.1) is 0 Å². The number of hydrogen-bond donors (Lipinski definition) is 0. The van der Waals surface area contributed by atoms with Crippen molar-refractivity contribution in [2.45, 2.75) is 59.0 Å². The van der Waals surface area contributed by atoms with Gasteiger partial charge in [0.1, 0.15) is 5.82 Å². The molecule has 6 nitrogen and oxygen atoms in total. The Kier molecular flexibility index (Phi) is 6.17. The molecule has 2 saturated heterocycles. The number of carbonyl (C=O) groups excluding carboxylic acids is 2. The molecule has 3 atom stereocenters. The van der Waals surface area contributed by atoms with Crippen LogP contribution in [0, 0.1) is 17.7 Å². The Labute approximate surface area is 171 Å². The molecule has 3 rings (SSSR count). The van der Waals surface area contributed by atoms with Gasteiger partial charge in [-0.3, -0.25) is 4.79 Å². The number of halogens is 1. The number of piperazine rings is 1. The maximum atomic E-state index is 14.2. The highest BCUT2D eigenvalue weighted by atomic mass is 19.1. The third kappa shape index (κ3) is 4.71. The summed E-state index contributed by atoms with van der Waals surface area (Å²) < 4.78 is 25.3. The first kappa shape index (κ1) is 21.6. The van der Waals surface area contributed by atoms with Crippen molar-refractivity contribution in [3.05, 3.63) is 30.1 Å². The summed E-state index contributed by atoms with van der Waals surface area (Å²) in [6.45, 7) is 10.9. The summed E-state index contributed by atoms with van der Waals surface area (Å²) in [5.41, 5.74) is 0.551. The van der Waals surface area contributed by atoms with Crippen molar-refractivity contribution in [2.75, 3.05) is 24.5 Å². The number of benzene rings is 1. The molecule has 160 valence electrons. The van der Waals surface area contributed by atoms with E-state index in [0.29, 0.717) is 31.7 Å². The quantitative estimate of drug-likeness (QED) is 0.703. The molecule has 2 heterocycles. The third-order valence-electron chi connectivity index (χ3n) is 5.50. The highest BCUT2D eigenvalue weighted by molar-refractivity contribution is 5.88. The minimum absolute atomic E-state index is 0.0981. The molecule has 2 fully saturated rings. The van der Waals surface area contributed by atoms with Crippen LogP contribution in [-0.2, 0) is 19.1 Å². The van der Waals surface area contributed by atoms with E-state index in [1.165, 1.54) is 6.07 Å². The molecule has 0 aliphatic carbocycles. The SMILES string of the molecule is CC(C)C[C@H](C(=O)N1CCN(c2ccccc2F)C[C@H]1C)[C@@H]1OC(C)(C)OC1=O. The molecule has 0 spiro atoms. The van der Waals surface area contributed by atoms with E-state index in [2.05, 4.69) is 0 Å². The summed E-state index contributed by atoms with van der Waals surface area (Å²) in [5.74, 6) is -2.23. The van der Waals surface area contributed by atoms with Gasteiger partial charge in [0.2, 0.25) is 11.7 Å². The van der Waals surface area contributed by atoms with E-state index in [1.54, 1.807) is 30.9 Å². The van der Waals surface area contributed by atoms with Gasteiger partial charge in [0.15, 0.2) is 6.10 Å². The van der Waals surface area contributed by atoms with Gasteiger partial charge in [-0.05, 0) is 31.4 Å². The van der Waals surface area contributed by atoms with Crippen molar-refractivity contribution in [3.63, 3.8) is 0 Å².